The van der Waals surface area contributed by atoms with Crippen molar-refractivity contribution in [2.24, 2.45) is 0 Å². The standard InChI is InChI=1S/C15H18N2O/c18-14(10-15-16-8-9-17-15)13-7-3-5-11-4-1-2-6-12(11)13/h1-2,4,6,8-9,13-14,18H,3,5,7,10H2,(H,16,17). The average Bonchev–Trinajstić information content (AvgIpc) is 2.91. The number of aromatic nitrogens is 2. The third-order valence-electron chi connectivity index (χ3n) is 3.84. The van der Waals surface area contributed by atoms with E-state index in [1.165, 1.54) is 11.1 Å². The van der Waals surface area contributed by atoms with Gasteiger partial charge in [0.15, 0.2) is 0 Å². The van der Waals surface area contributed by atoms with Gasteiger partial charge >= 0.3 is 0 Å². The smallest absolute Gasteiger partial charge is 0.108 e. The van der Waals surface area contributed by atoms with E-state index in [1.54, 1.807) is 12.4 Å². The van der Waals surface area contributed by atoms with Gasteiger partial charge in [0.1, 0.15) is 5.82 Å². The molecule has 1 aliphatic rings. The Bertz CT molecular complexity index is 507. The largest absolute Gasteiger partial charge is 0.392 e. The second-order valence-electron chi connectivity index (χ2n) is 5.00. The zero-order valence-electron chi connectivity index (χ0n) is 10.3. The van der Waals surface area contributed by atoms with Gasteiger partial charge in [-0.15, -0.1) is 0 Å². The third-order valence-corrected chi connectivity index (χ3v) is 3.84. The lowest BCUT2D eigenvalue weighted by Crippen LogP contribution is -2.25. The molecular weight excluding hydrogens is 224 g/mol. The predicted octanol–water partition coefficient (Wildman–Crippen LogP) is 2.43. The van der Waals surface area contributed by atoms with Gasteiger partial charge in [0.05, 0.1) is 6.10 Å². The van der Waals surface area contributed by atoms with E-state index < -0.39 is 0 Å². The monoisotopic (exact) mass is 242 g/mol. The maximum Gasteiger partial charge on any atom is 0.108 e. The Hall–Kier alpha value is -1.61. The Balaban J connectivity index is 1.80. The lowest BCUT2D eigenvalue weighted by Gasteiger charge is -2.29. The molecule has 0 saturated carbocycles. The van der Waals surface area contributed by atoms with Crippen LogP contribution in [0.5, 0.6) is 0 Å². The van der Waals surface area contributed by atoms with Gasteiger partial charge in [0, 0.05) is 24.7 Å². The van der Waals surface area contributed by atoms with Gasteiger partial charge in [-0.3, -0.25) is 0 Å². The van der Waals surface area contributed by atoms with Crippen molar-refractivity contribution < 1.29 is 5.11 Å². The summed E-state index contributed by atoms with van der Waals surface area (Å²) in [5.41, 5.74) is 2.72. The number of H-pyrrole nitrogens is 1. The number of aliphatic hydroxyl groups excluding tert-OH is 1. The van der Waals surface area contributed by atoms with Crippen LogP contribution in [0.25, 0.3) is 0 Å². The molecule has 2 aromatic rings. The Morgan fingerprint density at radius 2 is 2.28 bits per heavy atom. The minimum absolute atomic E-state index is 0.250. The van der Waals surface area contributed by atoms with Crippen LogP contribution in [0, 0.1) is 0 Å². The summed E-state index contributed by atoms with van der Waals surface area (Å²) in [6.07, 6.45) is 7.16. The van der Waals surface area contributed by atoms with Crippen LogP contribution in [-0.2, 0) is 12.8 Å². The number of imidazole rings is 1. The second kappa shape index (κ2) is 4.94. The van der Waals surface area contributed by atoms with E-state index in [1.807, 2.05) is 0 Å². The van der Waals surface area contributed by atoms with Crippen molar-refractivity contribution in [1.82, 2.24) is 9.97 Å². The van der Waals surface area contributed by atoms with Crippen LogP contribution in [0.1, 0.15) is 35.7 Å². The number of aliphatic hydroxyl groups is 1. The molecule has 0 amide bonds. The molecule has 0 bridgehead atoms. The van der Waals surface area contributed by atoms with Gasteiger partial charge in [0.25, 0.3) is 0 Å². The Kier molecular flexibility index (Phi) is 3.15. The van der Waals surface area contributed by atoms with Gasteiger partial charge < -0.3 is 10.1 Å². The second-order valence-corrected chi connectivity index (χ2v) is 5.00. The molecule has 0 fully saturated rings. The van der Waals surface area contributed by atoms with Crippen LogP contribution in [0.3, 0.4) is 0 Å². The van der Waals surface area contributed by atoms with Crippen LogP contribution in [0.15, 0.2) is 36.7 Å². The molecule has 3 rings (SSSR count). The van der Waals surface area contributed by atoms with Crippen LogP contribution in [0.4, 0.5) is 0 Å². The summed E-state index contributed by atoms with van der Waals surface area (Å²) < 4.78 is 0. The minimum Gasteiger partial charge on any atom is -0.392 e. The summed E-state index contributed by atoms with van der Waals surface area (Å²) in [5, 5.41) is 10.4. The predicted molar refractivity (Wildman–Crippen MR) is 70.4 cm³/mol. The number of nitrogens with one attached hydrogen (secondary N) is 1. The van der Waals surface area contributed by atoms with E-state index in [0.29, 0.717) is 6.42 Å². The zero-order valence-corrected chi connectivity index (χ0v) is 10.3. The third kappa shape index (κ3) is 2.18. The van der Waals surface area contributed by atoms with E-state index in [0.717, 1.165) is 25.1 Å². The van der Waals surface area contributed by atoms with Crippen molar-refractivity contribution in [3.05, 3.63) is 53.6 Å². The molecule has 18 heavy (non-hydrogen) atoms. The highest BCUT2D eigenvalue weighted by Crippen LogP contribution is 2.34. The molecule has 2 N–H and O–H groups in total. The molecule has 3 heteroatoms. The summed E-state index contributed by atoms with van der Waals surface area (Å²) in [7, 11) is 0. The first kappa shape index (κ1) is 11.5. The molecule has 2 unspecified atom stereocenters. The molecule has 0 saturated heterocycles. The van der Waals surface area contributed by atoms with Crippen molar-refractivity contribution in [1.29, 1.82) is 0 Å². The quantitative estimate of drug-likeness (QED) is 0.868. The van der Waals surface area contributed by atoms with E-state index >= 15 is 0 Å². The summed E-state index contributed by atoms with van der Waals surface area (Å²) in [5.74, 6) is 1.12. The van der Waals surface area contributed by atoms with Gasteiger partial charge in [-0.2, -0.15) is 0 Å². The number of hydrogen-bond acceptors (Lipinski definition) is 2. The SMILES string of the molecule is OC(Cc1ncc[nH]1)C1CCCc2ccccc21. The molecular formula is C15H18N2O. The Labute approximate surface area is 107 Å². The maximum absolute atomic E-state index is 10.4. The van der Waals surface area contributed by atoms with Crippen molar-refractivity contribution in [2.45, 2.75) is 37.7 Å². The fourth-order valence-electron chi connectivity index (χ4n) is 2.94. The molecule has 1 aliphatic carbocycles. The molecule has 1 aromatic carbocycles. The van der Waals surface area contributed by atoms with E-state index in [4.69, 9.17) is 0 Å². The number of hydrogen-bond donors (Lipinski definition) is 2. The number of rotatable bonds is 3. The fraction of sp³-hybridized carbons (Fsp3) is 0.400. The summed E-state index contributed by atoms with van der Waals surface area (Å²) >= 11 is 0. The highest BCUT2D eigenvalue weighted by Gasteiger charge is 2.26. The van der Waals surface area contributed by atoms with Crippen molar-refractivity contribution in [3.63, 3.8) is 0 Å². The topological polar surface area (TPSA) is 48.9 Å². The number of nitrogens with zero attached hydrogens (tertiary/aromatic N) is 1. The normalized spacial score (nSPS) is 20.4. The highest BCUT2D eigenvalue weighted by atomic mass is 16.3. The van der Waals surface area contributed by atoms with Crippen LogP contribution >= 0.6 is 0 Å². The first-order chi connectivity index (χ1) is 8.84. The highest BCUT2D eigenvalue weighted by molar-refractivity contribution is 5.33. The number of fused-ring (bicyclic) bond motifs is 1. The lowest BCUT2D eigenvalue weighted by atomic mass is 9.79. The maximum atomic E-state index is 10.4. The molecule has 1 aromatic heterocycles. The zero-order chi connectivity index (χ0) is 12.4. The van der Waals surface area contributed by atoms with Crippen LogP contribution < -0.4 is 0 Å². The first-order valence-electron chi connectivity index (χ1n) is 6.58. The molecule has 0 radical (unpaired) electrons. The molecule has 0 aliphatic heterocycles. The molecule has 3 nitrogen and oxygen atoms in total. The molecule has 0 spiro atoms. The number of aromatic amines is 1. The lowest BCUT2D eigenvalue weighted by molar-refractivity contribution is 0.132. The Morgan fingerprint density at radius 1 is 1.39 bits per heavy atom. The summed E-state index contributed by atoms with van der Waals surface area (Å²) in [6, 6.07) is 8.49. The van der Waals surface area contributed by atoms with Crippen LogP contribution in [0.2, 0.25) is 0 Å². The number of aryl methyl sites for hydroxylation is 1. The van der Waals surface area contributed by atoms with Crippen molar-refractivity contribution >= 4 is 0 Å². The summed E-state index contributed by atoms with van der Waals surface area (Å²) in [4.78, 5) is 7.25. The van der Waals surface area contributed by atoms with Gasteiger partial charge in [-0.1, -0.05) is 24.3 Å². The molecule has 2 atom stereocenters. The van der Waals surface area contributed by atoms with E-state index in [2.05, 4.69) is 34.2 Å². The molecule has 94 valence electrons. The van der Waals surface area contributed by atoms with E-state index in [-0.39, 0.29) is 12.0 Å². The first-order valence-corrected chi connectivity index (χ1v) is 6.58. The van der Waals surface area contributed by atoms with Gasteiger partial charge in [-0.05, 0) is 30.4 Å². The van der Waals surface area contributed by atoms with Crippen LogP contribution in [-0.4, -0.2) is 21.2 Å². The average molecular weight is 242 g/mol. The van der Waals surface area contributed by atoms with Crippen molar-refractivity contribution in [2.75, 3.05) is 0 Å². The van der Waals surface area contributed by atoms with Crippen molar-refractivity contribution in [3.8, 4) is 0 Å². The summed E-state index contributed by atoms with van der Waals surface area (Å²) in [6.45, 7) is 0. The fourth-order valence-corrected chi connectivity index (χ4v) is 2.94. The van der Waals surface area contributed by atoms with E-state index in [9.17, 15) is 5.11 Å². The number of benzene rings is 1. The van der Waals surface area contributed by atoms with Gasteiger partial charge in [-0.25, -0.2) is 4.98 Å². The minimum atomic E-state index is -0.349. The van der Waals surface area contributed by atoms with Gasteiger partial charge in [0.2, 0.25) is 0 Å². The molecule has 1 heterocycles. The Morgan fingerprint density at radius 3 is 3.11 bits per heavy atom.